The van der Waals surface area contributed by atoms with Gasteiger partial charge in [-0.15, -0.1) is 5.10 Å². The minimum Gasteiger partial charge on any atom is -0.493 e. The SMILES string of the molecule is COc1cccc([C@@H]2C3=C(CC(C)(C)CC3=O)Nc3nc(SCC(=O)c4ccc(F)cc4)nn32)c1OC. The molecule has 10 heteroatoms. The average Bonchev–Trinajstić information content (AvgIpc) is 3.27. The number of nitrogens with zero attached hydrogens (tertiary/aromatic N) is 3. The van der Waals surface area contributed by atoms with Gasteiger partial charge < -0.3 is 14.8 Å². The van der Waals surface area contributed by atoms with Crippen molar-refractivity contribution in [3.8, 4) is 11.5 Å². The monoisotopic (exact) mass is 522 g/mol. The third-order valence-electron chi connectivity index (χ3n) is 6.54. The first-order valence-electron chi connectivity index (χ1n) is 11.8. The highest BCUT2D eigenvalue weighted by Crippen LogP contribution is 2.48. The Morgan fingerprint density at radius 3 is 2.62 bits per heavy atom. The summed E-state index contributed by atoms with van der Waals surface area (Å²) in [5, 5.41) is 8.41. The van der Waals surface area contributed by atoms with Crippen LogP contribution in [0.15, 0.2) is 58.9 Å². The van der Waals surface area contributed by atoms with Crippen LogP contribution in [-0.2, 0) is 4.79 Å². The van der Waals surface area contributed by atoms with E-state index in [1.807, 2.05) is 12.1 Å². The maximum Gasteiger partial charge on any atom is 0.227 e. The summed E-state index contributed by atoms with van der Waals surface area (Å²) in [4.78, 5) is 30.8. The van der Waals surface area contributed by atoms with E-state index < -0.39 is 11.9 Å². The van der Waals surface area contributed by atoms with Gasteiger partial charge in [-0.25, -0.2) is 9.07 Å². The van der Waals surface area contributed by atoms with Gasteiger partial charge in [0.15, 0.2) is 23.1 Å². The maximum atomic E-state index is 13.5. The van der Waals surface area contributed by atoms with Gasteiger partial charge in [0.25, 0.3) is 0 Å². The number of methoxy groups -OCH3 is 2. The predicted molar refractivity (Wildman–Crippen MR) is 138 cm³/mol. The molecular weight excluding hydrogens is 495 g/mol. The number of carbonyl (C=O) groups excluding carboxylic acids is 2. The van der Waals surface area contributed by atoms with Gasteiger partial charge in [-0.3, -0.25) is 9.59 Å². The lowest BCUT2D eigenvalue weighted by atomic mass is 9.73. The molecule has 1 N–H and O–H groups in total. The van der Waals surface area contributed by atoms with Crippen molar-refractivity contribution in [2.45, 2.75) is 37.9 Å². The van der Waals surface area contributed by atoms with Crippen LogP contribution in [-0.4, -0.2) is 46.3 Å². The number of rotatable bonds is 7. The molecular formula is C27H27FN4O4S. The van der Waals surface area contributed by atoms with Gasteiger partial charge in [-0.05, 0) is 42.2 Å². The number of halogens is 1. The number of carbonyl (C=O) groups is 2. The number of hydrogen-bond donors (Lipinski definition) is 1. The van der Waals surface area contributed by atoms with Crippen LogP contribution in [0.1, 0.15) is 48.7 Å². The Labute approximate surface area is 218 Å². The molecule has 0 unspecified atom stereocenters. The number of benzene rings is 2. The van der Waals surface area contributed by atoms with Crippen LogP contribution >= 0.6 is 11.8 Å². The van der Waals surface area contributed by atoms with Crippen molar-refractivity contribution >= 4 is 29.3 Å². The second-order valence-corrected chi connectivity index (χ2v) is 10.8. The molecule has 2 aliphatic rings. The number of ketones is 2. The van der Waals surface area contributed by atoms with Crippen molar-refractivity contribution in [1.82, 2.24) is 14.8 Å². The molecule has 1 aromatic heterocycles. The molecule has 2 aromatic carbocycles. The van der Waals surface area contributed by atoms with Crippen molar-refractivity contribution in [3.05, 3.63) is 70.7 Å². The molecule has 5 rings (SSSR count). The normalized spacial score (nSPS) is 18.1. The van der Waals surface area contributed by atoms with E-state index in [9.17, 15) is 14.0 Å². The molecule has 0 radical (unpaired) electrons. The number of nitrogens with one attached hydrogen (secondary N) is 1. The van der Waals surface area contributed by atoms with Gasteiger partial charge in [0.2, 0.25) is 11.1 Å². The highest BCUT2D eigenvalue weighted by atomic mass is 32.2. The van der Waals surface area contributed by atoms with E-state index in [0.29, 0.717) is 46.6 Å². The number of ether oxygens (including phenoxy) is 2. The van der Waals surface area contributed by atoms with E-state index in [-0.39, 0.29) is 22.7 Å². The van der Waals surface area contributed by atoms with Crippen LogP contribution < -0.4 is 14.8 Å². The minimum atomic E-state index is -0.574. The van der Waals surface area contributed by atoms with Crippen LogP contribution in [0.25, 0.3) is 0 Å². The van der Waals surface area contributed by atoms with E-state index in [4.69, 9.17) is 14.6 Å². The summed E-state index contributed by atoms with van der Waals surface area (Å²) in [7, 11) is 3.13. The van der Waals surface area contributed by atoms with Gasteiger partial charge in [0.05, 0.1) is 20.0 Å². The lowest BCUT2D eigenvalue weighted by Gasteiger charge is -2.38. The van der Waals surface area contributed by atoms with Crippen molar-refractivity contribution in [2.24, 2.45) is 5.41 Å². The second kappa shape index (κ2) is 9.66. The topological polar surface area (TPSA) is 95.3 Å². The zero-order valence-electron chi connectivity index (χ0n) is 21.0. The van der Waals surface area contributed by atoms with E-state index >= 15 is 0 Å². The van der Waals surface area contributed by atoms with Gasteiger partial charge in [0.1, 0.15) is 11.9 Å². The van der Waals surface area contributed by atoms with Gasteiger partial charge in [0, 0.05) is 28.8 Å². The van der Waals surface area contributed by atoms with Gasteiger partial charge in [-0.1, -0.05) is 37.7 Å². The third-order valence-corrected chi connectivity index (χ3v) is 7.38. The fraction of sp³-hybridized carbons (Fsp3) is 0.333. The molecule has 3 aromatic rings. The standard InChI is InChI=1S/C27H27FN4O4S/c1-27(2)12-18-22(19(33)13-27)23(17-6-5-7-21(35-3)24(17)36-4)32-25(29-18)30-26(31-32)37-14-20(34)15-8-10-16(28)11-9-15/h5-11,23H,12-14H2,1-4H3,(H,29,30,31)/t23-/m1/s1. The zero-order valence-corrected chi connectivity index (χ0v) is 21.8. The van der Waals surface area contributed by atoms with Crippen LogP contribution in [0.2, 0.25) is 0 Å². The average molecular weight is 523 g/mol. The zero-order chi connectivity index (χ0) is 26.3. The first-order valence-corrected chi connectivity index (χ1v) is 12.8. The summed E-state index contributed by atoms with van der Waals surface area (Å²) in [6, 6.07) is 10.4. The Bertz CT molecular complexity index is 1410. The molecule has 0 amide bonds. The third kappa shape index (κ3) is 4.73. The molecule has 2 heterocycles. The highest BCUT2D eigenvalue weighted by Gasteiger charge is 2.43. The fourth-order valence-corrected chi connectivity index (χ4v) is 5.64. The van der Waals surface area contributed by atoms with Crippen molar-refractivity contribution in [3.63, 3.8) is 0 Å². The molecule has 1 atom stereocenters. The number of allylic oxidation sites excluding steroid dienone is 2. The smallest absolute Gasteiger partial charge is 0.227 e. The molecule has 0 fully saturated rings. The number of hydrogen-bond acceptors (Lipinski definition) is 8. The minimum absolute atomic E-state index is 0.0375. The van der Waals surface area contributed by atoms with Gasteiger partial charge in [-0.2, -0.15) is 4.98 Å². The summed E-state index contributed by atoms with van der Waals surface area (Å²) in [6.07, 6.45) is 1.09. The number of thioether (sulfide) groups is 1. The van der Waals surface area contributed by atoms with Crippen molar-refractivity contribution < 1.29 is 23.5 Å². The van der Waals surface area contributed by atoms with Crippen LogP contribution in [0, 0.1) is 11.2 Å². The molecule has 1 aliphatic carbocycles. The largest absolute Gasteiger partial charge is 0.493 e. The van der Waals surface area contributed by atoms with Crippen LogP contribution in [0.3, 0.4) is 0 Å². The van der Waals surface area contributed by atoms with Gasteiger partial charge >= 0.3 is 0 Å². The Morgan fingerprint density at radius 2 is 1.92 bits per heavy atom. The Kier molecular flexibility index (Phi) is 6.53. The predicted octanol–water partition coefficient (Wildman–Crippen LogP) is 5.07. The number of Topliss-reactive ketones (excluding diaryl/α,β-unsaturated/α-hetero) is 2. The van der Waals surface area contributed by atoms with Crippen molar-refractivity contribution in [2.75, 3.05) is 25.3 Å². The van der Waals surface area contributed by atoms with E-state index in [0.717, 1.165) is 11.3 Å². The molecule has 8 nitrogen and oxygen atoms in total. The quantitative estimate of drug-likeness (QED) is 0.340. The van der Waals surface area contributed by atoms with E-state index in [1.54, 1.807) is 25.0 Å². The second-order valence-electron chi connectivity index (χ2n) is 9.82. The molecule has 1 aliphatic heterocycles. The maximum absolute atomic E-state index is 13.5. The molecule has 0 bridgehead atoms. The molecule has 0 spiro atoms. The Balaban J connectivity index is 1.53. The lowest BCUT2D eigenvalue weighted by Crippen LogP contribution is -2.36. The van der Waals surface area contributed by atoms with Crippen LogP contribution in [0.5, 0.6) is 11.5 Å². The fourth-order valence-electron chi connectivity index (χ4n) is 4.91. The van der Waals surface area contributed by atoms with Crippen molar-refractivity contribution in [1.29, 1.82) is 0 Å². The molecule has 37 heavy (non-hydrogen) atoms. The molecule has 192 valence electrons. The number of anilines is 1. The molecule has 0 saturated carbocycles. The summed E-state index contributed by atoms with van der Waals surface area (Å²) in [5.74, 6) is 1.11. The number of fused-ring (bicyclic) bond motifs is 1. The molecule has 0 saturated heterocycles. The highest BCUT2D eigenvalue weighted by molar-refractivity contribution is 7.99. The number of aromatic nitrogens is 3. The van der Waals surface area contributed by atoms with Crippen LogP contribution in [0.4, 0.5) is 10.3 Å². The van der Waals surface area contributed by atoms with E-state index in [2.05, 4.69) is 24.1 Å². The first kappa shape index (κ1) is 25.0. The Morgan fingerprint density at radius 1 is 1.16 bits per heavy atom. The first-order chi connectivity index (χ1) is 17.7. The summed E-state index contributed by atoms with van der Waals surface area (Å²) in [6.45, 7) is 4.14. The van der Waals surface area contributed by atoms with E-state index in [1.165, 1.54) is 36.0 Å². The lowest BCUT2D eigenvalue weighted by molar-refractivity contribution is -0.118. The number of para-hydroxylation sites is 1. The Hall–Kier alpha value is -3.66. The summed E-state index contributed by atoms with van der Waals surface area (Å²) < 4.78 is 26.1. The summed E-state index contributed by atoms with van der Waals surface area (Å²) in [5.41, 5.74) is 2.39. The summed E-state index contributed by atoms with van der Waals surface area (Å²) >= 11 is 1.18.